The topological polar surface area (TPSA) is 244 Å². The van der Waals surface area contributed by atoms with Gasteiger partial charge in [0.05, 0.1) is 11.7 Å². The molecular formula is C54H70ClN13O7. The number of carbonyl (C=O) groups is 3. The largest absolute Gasteiger partial charge is 1.00 e. The Hall–Kier alpha value is -7.87. The van der Waals surface area contributed by atoms with Gasteiger partial charge in [0.2, 0.25) is 11.7 Å². The van der Waals surface area contributed by atoms with E-state index in [9.17, 15) is 14.4 Å². The second-order valence-corrected chi connectivity index (χ2v) is 20.5. The van der Waals surface area contributed by atoms with E-state index in [0.717, 1.165) is 65.0 Å². The Morgan fingerprint density at radius 3 is 1.77 bits per heavy atom. The van der Waals surface area contributed by atoms with Crippen molar-refractivity contribution in [3.8, 4) is 33.9 Å². The van der Waals surface area contributed by atoms with Crippen LogP contribution in [0.1, 0.15) is 88.8 Å². The molecule has 6 N–H and O–H groups in total. The van der Waals surface area contributed by atoms with Crippen LogP contribution in [-0.4, -0.2) is 131 Å². The minimum Gasteiger partial charge on any atom is -1.00 e. The molecule has 2 amide bonds. The average Bonchev–Trinajstić information content (AvgIpc) is 4.14. The Morgan fingerprint density at radius 1 is 0.733 bits per heavy atom. The highest BCUT2D eigenvalue weighted by atomic mass is 35.5. The number of nitrogens with zero attached hydrogens (tertiary/aromatic N) is 9. The molecule has 400 valence electrons. The zero-order chi connectivity index (χ0) is 53.3. The lowest BCUT2D eigenvalue weighted by Gasteiger charge is -2.33. The summed E-state index contributed by atoms with van der Waals surface area (Å²) in [6, 6.07) is 18.3. The highest BCUT2D eigenvalue weighted by molar-refractivity contribution is 6.08. The van der Waals surface area contributed by atoms with Gasteiger partial charge < -0.3 is 50.7 Å². The number of halogens is 1. The van der Waals surface area contributed by atoms with Crippen molar-refractivity contribution in [1.82, 2.24) is 43.4 Å². The number of ketones is 1. The van der Waals surface area contributed by atoms with Crippen LogP contribution >= 0.6 is 0 Å². The van der Waals surface area contributed by atoms with Gasteiger partial charge in [-0.05, 0) is 98.3 Å². The zero-order valence-electron chi connectivity index (χ0n) is 44.5. The van der Waals surface area contributed by atoms with Gasteiger partial charge in [-0.15, -0.1) is 0 Å². The van der Waals surface area contributed by atoms with Crippen molar-refractivity contribution in [2.75, 3.05) is 45.6 Å². The van der Waals surface area contributed by atoms with Crippen LogP contribution in [0.3, 0.4) is 0 Å². The van der Waals surface area contributed by atoms with E-state index in [1.807, 2.05) is 121 Å². The molecule has 75 heavy (non-hydrogen) atoms. The summed E-state index contributed by atoms with van der Waals surface area (Å²) >= 11 is 0. The number of piperidine rings is 2. The molecule has 0 atom stereocenters. The Kier molecular flexibility index (Phi) is 18.4. The van der Waals surface area contributed by atoms with Crippen LogP contribution in [0.15, 0.2) is 107 Å². The van der Waals surface area contributed by atoms with Gasteiger partial charge in [-0.2, -0.15) is 9.97 Å². The van der Waals surface area contributed by atoms with Gasteiger partial charge >= 0.3 is 29.8 Å². The van der Waals surface area contributed by atoms with Crippen molar-refractivity contribution in [2.45, 2.75) is 104 Å². The van der Waals surface area contributed by atoms with Crippen LogP contribution in [0.2, 0.25) is 0 Å². The number of hydrogen-bond donors (Lipinski definition) is 4. The minimum absolute atomic E-state index is 0. The first-order valence-corrected chi connectivity index (χ1v) is 24.8. The molecule has 7 heterocycles. The number of guanidine groups is 1. The molecule has 2 aromatic carbocycles. The first kappa shape index (κ1) is 56.4. The van der Waals surface area contributed by atoms with Crippen LogP contribution < -0.4 is 34.2 Å². The number of likely N-dealkylation sites (tertiary alicyclic amines) is 2. The normalized spacial score (nSPS) is 14.3. The molecule has 2 aliphatic rings. The second kappa shape index (κ2) is 24.4. The number of anilines is 1. The monoisotopic (exact) mass is 1050 g/mol. The summed E-state index contributed by atoms with van der Waals surface area (Å²) in [6.45, 7) is 17.9. The first-order valence-electron chi connectivity index (χ1n) is 24.8. The number of rotatable bonds is 9. The Balaban J connectivity index is 0.000000197. The van der Waals surface area contributed by atoms with E-state index in [4.69, 9.17) is 39.7 Å². The lowest BCUT2D eigenvalue weighted by atomic mass is 10.0. The number of allylic oxidation sites excluding steroid dienone is 1. The van der Waals surface area contributed by atoms with E-state index in [1.54, 1.807) is 39.1 Å². The fourth-order valence-electron chi connectivity index (χ4n) is 8.44. The maximum atomic E-state index is 12.6. The number of carbonyl (C=O) groups excluding carboxylic acids is 3. The minimum atomic E-state index is -0.494. The fourth-order valence-corrected chi connectivity index (χ4v) is 8.44. The number of benzene rings is 2. The quantitative estimate of drug-likeness (QED) is 0.0689. The molecule has 7 aromatic rings. The average molecular weight is 1050 g/mol. The van der Waals surface area contributed by atoms with Gasteiger partial charge in [0.25, 0.3) is 0 Å². The molecule has 2 saturated heterocycles. The lowest BCUT2D eigenvalue weighted by molar-refractivity contribution is -0.509. The third kappa shape index (κ3) is 14.9. The molecular weight excluding hydrogens is 978 g/mol. The number of amides is 2. The van der Waals surface area contributed by atoms with Crippen molar-refractivity contribution in [2.24, 2.45) is 11.5 Å². The van der Waals surface area contributed by atoms with Crippen molar-refractivity contribution in [1.29, 1.82) is 0 Å². The van der Waals surface area contributed by atoms with E-state index >= 15 is 0 Å². The first-order chi connectivity index (χ1) is 35.1. The summed E-state index contributed by atoms with van der Waals surface area (Å²) in [7, 11) is 3.74. The van der Waals surface area contributed by atoms with Crippen molar-refractivity contribution < 1.29 is 50.1 Å². The fraction of sp³-hybridized carbons (Fsp3) is 0.407. The molecule has 2 aliphatic heterocycles. The molecule has 9 rings (SSSR count). The van der Waals surface area contributed by atoms with Gasteiger partial charge in [-0.25, -0.2) is 19.6 Å². The molecule has 2 fully saturated rings. The number of ether oxygens (including phenoxy) is 2. The maximum Gasteiger partial charge on any atom is 0.410 e. The van der Waals surface area contributed by atoms with Gasteiger partial charge in [0, 0.05) is 88.3 Å². The Morgan fingerprint density at radius 2 is 1.24 bits per heavy atom. The summed E-state index contributed by atoms with van der Waals surface area (Å²) in [6.07, 6.45) is 14.4. The predicted molar refractivity (Wildman–Crippen MR) is 283 cm³/mol. The summed E-state index contributed by atoms with van der Waals surface area (Å²) in [5.41, 5.74) is 17.6. The van der Waals surface area contributed by atoms with Crippen LogP contribution in [0, 0.1) is 13.8 Å². The predicted octanol–water partition coefficient (Wildman–Crippen LogP) is 4.08. The molecule has 0 aliphatic carbocycles. The third-order valence-electron chi connectivity index (χ3n) is 12.0. The van der Waals surface area contributed by atoms with Crippen LogP contribution in [0.25, 0.3) is 45.6 Å². The number of nitrogens with one attached hydrogen (secondary N) is 2. The van der Waals surface area contributed by atoms with E-state index in [2.05, 4.69) is 39.3 Å². The Labute approximate surface area is 443 Å². The van der Waals surface area contributed by atoms with Crippen LogP contribution in [0.5, 0.6) is 0 Å². The number of aryl methyl sites for hydroxylation is 2. The van der Waals surface area contributed by atoms with Crippen LogP contribution in [-0.2, 0) is 9.47 Å². The number of fused-ring (bicyclic) bond motifs is 2. The number of oxazole rings is 2. The molecule has 21 heteroatoms. The van der Waals surface area contributed by atoms with Crippen molar-refractivity contribution >= 4 is 41.6 Å². The molecule has 5 aromatic heterocycles. The number of hydrogen-bond acceptors (Lipinski definition) is 13. The Bertz CT molecular complexity index is 3100. The highest BCUT2D eigenvalue weighted by Gasteiger charge is 2.29. The SMILES string of the molecule is CC(C)(C)OC(=O)N1CCC([NH+]=C(N)N)CC1.Cc1ccccc1-c1nc2occn2c1-c1ccnc(NC2CCN(C(=O)OC(C)(C)C)CC2)n1.Cc1ccccc1-c1nc2occn2c1C(=O)C=CN(C)C.[Cl-]. The molecule has 20 nitrogen and oxygen atoms in total. The summed E-state index contributed by atoms with van der Waals surface area (Å²) in [4.78, 5) is 63.5. The molecule has 0 radical (unpaired) electrons. The molecule has 0 bridgehead atoms. The zero-order valence-corrected chi connectivity index (χ0v) is 45.2. The summed E-state index contributed by atoms with van der Waals surface area (Å²) in [5, 5.41) is 3.45. The van der Waals surface area contributed by atoms with E-state index in [1.165, 1.54) is 12.3 Å². The van der Waals surface area contributed by atoms with Gasteiger partial charge in [-0.3, -0.25) is 30.1 Å². The maximum absolute atomic E-state index is 12.6. The second-order valence-electron chi connectivity index (χ2n) is 20.5. The standard InChI is InChI=1S/C26H30N6O3.C17H17N3O2.C11H22N4O2.ClH/c1-17-7-5-6-8-19(17)21-22(32-15-16-34-24(32)30-21)20-9-12-27-23(29-20)28-18-10-13-31(14-11-18)25(33)35-26(2,3)4;1-12-6-4-5-7-13(12)15-16(14(21)8-9-19(2)3)20-10-11-22-17(20)18-15;1-11(2,3)17-10(16)15-6-4-8(5-7-15)14-9(12)13;/h5-9,12,15-16,18H,10-11,13-14H2,1-4H3,(H,27,28,29);4-11H,1-3H3;8H,4-7H2,1-3H3,(H4,12,13,14);1H. The van der Waals surface area contributed by atoms with E-state index in [0.29, 0.717) is 55.2 Å². The molecule has 0 spiro atoms. The molecule has 0 saturated carbocycles. The van der Waals surface area contributed by atoms with Crippen molar-refractivity contribution in [3.63, 3.8) is 0 Å². The van der Waals surface area contributed by atoms with Gasteiger partial charge in [0.15, 0.2) is 0 Å². The number of aromatic nitrogens is 6. The van der Waals surface area contributed by atoms with E-state index in [-0.39, 0.29) is 48.4 Å². The van der Waals surface area contributed by atoms with Crippen molar-refractivity contribution in [3.05, 3.63) is 115 Å². The summed E-state index contributed by atoms with van der Waals surface area (Å²) in [5.74, 6) is 1.61. The highest BCUT2D eigenvalue weighted by Crippen LogP contribution is 2.34. The molecule has 0 unspecified atom stereocenters. The smallest absolute Gasteiger partial charge is 0.410 e. The number of nitrogens with two attached hydrogens (primary N) is 2. The van der Waals surface area contributed by atoms with Crippen LogP contribution in [0.4, 0.5) is 15.5 Å². The van der Waals surface area contributed by atoms with E-state index < -0.39 is 11.2 Å². The summed E-state index contributed by atoms with van der Waals surface area (Å²) < 4.78 is 25.3. The van der Waals surface area contributed by atoms with Gasteiger partial charge in [0.1, 0.15) is 46.5 Å². The van der Waals surface area contributed by atoms with Gasteiger partial charge in [-0.1, -0.05) is 48.5 Å². The third-order valence-corrected chi connectivity index (χ3v) is 12.0. The number of imidazole rings is 2. The lowest BCUT2D eigenvalue weighted by Crippen LogP contribution is -3.00.